The van der Waals surface area contributed by atoms with Gasteiger partial charge < -0.3 is 25.8 Å². The summed E-state index contributed by atoms with van der Waals surface area (Å²) in [5.41, 5.74) is 9.53. The first-order valence-corrected chi connectivity index (χ1v) is 11.3. The lowest BCUT2D eigenvalue weighted by Gasteiger charge is -2.29. The lowest BCUT2D eigenvalue weighted by molar-refractivity contribution is -0.123. The van der Waals surface area contributed by atoms with E-state index in [1.165, 1.54) is 6.92 Å². The van der Waals surface area contributed by atoms with Gasteiger partial charge in [-0.25, -0.2) is 19.9 Å². The zero-order chi connectivity index (χ0) is 24.4. The largest absolute Gasteiger partial charge is 0.384 e. The fourth-order valence-corrected chi connectivity index (χ4v) is 3.91. The van der Waals surface area contributed by atoms with Crippen molar-refractivity contribution in [1.82, 2.24) is 19.9 Å². The van der Waals surface area contributed by atoms with Crippen molar-refractivity contribution in [2.24, 2.45) is 0 Å². The minimum Gasteiger partial charge on any atom is -0.384 e. The molecule has 0 bridgehead atoms. The molecule has 1 unspecified atom stereocenters. The summed E-state index contributed by atoms with van der Waals surface area (Å²) < 4.78 is 5.53. The molecule has 0 radical (unpaired) electrons. The number of nitrogens with two attached hydrogens (primary N) is 1. The summed E-state index contributed by atoms with van der Waals surface area (Å²) in [6.45, 7) is 4.16. The number of benzene rings is 2. The molecule has 1 saturated heterocycles. The monoisotopic (exact) mass is 471 g/mol. The van der Waals surface area contributed by atoms with Crippen LogP contribution in [-0.4, -0.2) is 63.4 Å². The molecule has 178 valence electrons. The highest BCUT2D eigenvalue weighted by molar-refractivity contribution is 5.96. The number of aliphatic hydroxyl groups excluding tert-OH is 1. The van der Waals surface area contributed by atoms with Crippen LogP contribution in [-0.2, 0) is 9.53 Å². The van der Waals surface area contributed by atoms with Gasteiger partial charge in [-0.3, -0.25) is 4.79 Å². The number of amides is 1. The van der Waals surface area contributed by atoms with Crippen molar-refractivity contribution in [3.05, 3.63) is 54.9 Å². The third kappa shape index (κ3) is 4.88. The third-order valence-corrected chi connectivity index (χ3v) is 5.76. The summed E-state index contributed by atoms with van der Waals surface area (Å²) in [5, 5.41) is 13.1. The van der Waals surface area contributed by atoms with Gasteiger partial charge in [-0.1, -0.05) is 18.2 Å². The molecule has 10 heteroatoms. The number of anilines is 3. The molecule has 5 rings (SSSR count). The Morgan fingerprint density at radius 2 is 1.80 bits per heavy atom. The van der Waals surface area contributed by atoms with Gasteiger partial charge >= 0.3 is 0 Å². The molecule has 1 amide bonds. The summed E-state index contributed by atoms with van der Waals surface area (Å²) in [5.74, 6) is 1.07. The van der Waals surface area contributed by atoms with Crippen LogP contribution >= 0.6 is 0 Å². The van der Waals surface area contributed by atoms with E-state index in [9.17, 15) is 9.90 Å². The summed E-state index contributed by atoms with van der Waals surface area (Å²) in [6, 6.07) is 13.5. The maximum Gasteiger partial charge on any atom is 0.252 e. The number of fused-ring (bicyclic) bond motifs is 1. The number of nitrogen functional groups attached to an aromatic ring is 1. The smallest absolute Gasteiger partial charge is 0.252 e. The number of hydrogen-bond acceptors (Lipinski definition) is 9. The predicted octanol–water partition coefficient (Wildman–Crippen LogP) is 2.49. The molecule has 0 aliphatic carbocycles. The van der Waals surface area contributed by atoms with Crippen LogP contribution in [0.5, 0.6) is 0 Å². The summed E-state index contributed by atoms with van der Waals surface area (Å²) in [7, 11) is 0. The Morgan fingerprint density at radius 1 is 1.06 bits per heavy atom. The molecule has 1 aliphatic rings. The summed E-state index contributed by atoms with van der Waals surface area (Å²) in [4.78, 5) is 32.0. The van der Waals surface area contributed by atoms with Crippen molar-refractivity contribution in [2.45, 2.75) is 13.0 Å². The third-order valence-electron chi connectivity index (χ3n) is 5.76. The maximum absolute atomic E-state index is 11.9. The van der Waals surface area contributed by atoms with Crippen molar-refractivity contribution in [3.8, 4) is 22.5 Å². The van der Waals surface area contributed by atoms with E-state index in [2.05, 4.69) is 20.2 Å². The number of carbonyl (C=O) groups is 1. The van der Waals surface area contributed by atoms with E-state index in [0.29, 0.717) is 30.3 Å². The van der Waals surface area contributed by atoms with E-state index in [1.807, 2.05) is 36.4 Å². The Bertz CT molecular complexity index is 1370. The minimum absolute atomic E-state index is 0.188. The van der Waals surface area contributed by atoms with E-state index >= 15 is 0 Å². The van der Waals surface area contributed by atoms with E-state index in [4.69, 9.17) is 20.4 Å². The number of nitrogens with one attached hydrogen (secondary N) is 1. The molecule has 1 fully saturated rings. The number of hydrogen-bond donors (Lipinski definition) is 3. The van der Waals surface area contributed by atoms with Crippen molar-refractivity contribution in [2.75, 3.05) is 42.3 Å². The number of ether oxygens (including phenoxy) is 1. The molecule has 4 aromatic rings. The fourth-order valence-electron chi connectivity index (χ4n) is 3.91. The molecule has 2 aromatic carbocycles. The van der Waals surface area contributed by atoms with Gasteiger partial charge in [0, 0.05) is 36.6 Å². The zero-order valence-electron chi connectivity index (χ0n) is 19.2. The number of nitrogens with zero attached hydrogens (tertiary/aromatic N) is 5. The van der Waals surface area contributed by atoms with Crippen molar-refractivity contribution < 1.29 is 14.6 Å². The van der Waals surface area contributed by atoms with Crippen LogP contribution in [0.1, 0.15) is 6.92 Å². The van der Waals surface area contributed by atoms with Crippen LogP contribution < -0.4 is 16.0 Å². The second-order valence-corrected chi connectivity index (χ2v) is 8.28. The average Bonchev–Trinajstić information content (AvgIpc) is 2.88. The first-order chi connectivity index (χ1) is 17.0. The minimum atomic E-state index is -1.09. The van der Waals surface area contributed by atoms with Crippen LogP contribution in [0.4, 0.5) is 17.5 Å². The highest BCUT2D eigenvalue weighted by Crippen LogP contribution is 2.32. The Labute approximate surface area is 201 Å². The number of carbonyl (C=O) groups excluding carboxylic acids is 1. The van der Waals surface area contributed by atoms with Gasteiger partial charge in [0.05, 0.1) is 24.3 Å². The molecule has 1 atom stereocenters. The summed E-state index contributed by atoms with van der Waals surface area (Å²) >= 11 is 0. The molecule has 1 aliphatic heterocycles. The highest BCUT2D eigenvalue weighted by atomic mass is 16.5. The topological polar surface area (TPSA) is 139 Å². The van der Waals surface area contributed by atoms with Gasteiger partial charge in [-0.2, -0.15) is 0 Å². The van der Waals surface area contributed by atoms with Crippen LogP contribution in [0.3, 0.4) is 0 Å². The molecule has 10 nitrogen and oxygen atoms in total. The number of rotatable bonds is 5. The molecular formula is C25H25N7O3. The standard InChI is InChI=1S/C25H25N7O3/c1-15(33)24(34)29-19-4-2-3-16(11-19)17-5-6-20-21(12-17)30-22(18-13-27-25(26)28-14-18)31-23(20)32-7-9-35-10-8-32/h2-6,11-15,33H,7-10H2,1H3,(H,29,34)(H2,26,27,28). The lowest BCUT2D eigenvalue weighted by Crippen LogP contribution is -2.37. The van der Waals surface area contributed by atoms with Crippen molar-refractivity contribution >= 4 is 34.3 Å². The van der Waals surface area contributed by atoms with Gasteiger partial charge in [0.15, 0.2) is 5.82 Å². The van der Waals surface area contributed by atoms with Gasteiger partial charge in [0.25, 0.3) is 5.91 Å². The van der Waals surface area contributed by atoms with E-state index in [0.717, 1.165) is 40.9 Å². The SMILES string of the molecule is CC(O)C(=O)Nc1cccc(-c2ccc3c(N4CCOCC4)nc(-c4cnc(N)nc4)nc3c2)c1. The van der Waals surface area contributed by atoms with Gasteiger partial charge in [-0.15, -0.1) is 0 Å². The molecule has 4 N–H and O–H groups in total. The first-order valence-electron chi connectivity index (χ1n) is 11.3. The first kappa shape index (κ1) is 22.6. The van der Waals surface area contributed by atoms with Gasteiger partial charge in [0.1, 0.15) is 11.9 Å². The molecule has 2 aromatic heterocycles. The van der Waals surface area contributed by atoms with Gasteiger partial charge in [0.2, 0.25) is 5.95 Å². The van der Waals surface area contributed by atoms with Gasteiger partial charge in [-0.05, 0) is 42.3 Å². The quantitative estimate of drug-likeness (QED) is 0.400. The van der Waals surface area contributed by atoms with E-state index < -0.39 is 12.0 Å². The molecule has 0 saturated carbocycles. The van der Waals surface area contributed by atoms with Crippen LogP contribution in [0.15, 0.2) is 54.9 Å². The summed E-state index contributed by atoms with van der Waals surface area (Å²) in [6.07, 6.45) is 2.14. The fraction of sp³-hybridized carbons (Fsp3) is 0.240. The lowest BCUT2D eigenvalue weighted by atomic mass is 10.0. The van der Waals surface area contributed by atoms with Crippen LogP contribution in [0.2, 0.25) is 0 Å². The second-order valence-electron chi connectivity index (χ2n) is 8.28. The Balaban J connectivity index is 1.59. The van der Waals surface area contributed by atoms with Crippen molar-refractivity contribution in [1.29, 1.82) is 0 Å². The van der Waals surface area contributed by atoms with Crippen LogP contribution in [0, 0.1) is 0 Å². The normalized spacial score (nSPS) is 14.6. The Hall–Kier alpha value is -4.15. The van der Waals surface area contributed by atoms with E-state index in [-0.39, 0.29) is 5.95 Å². The number of aromatic nitrogens is 4. The molecular weight excluding hydrogens is 446 g/mol. The molecule has 3 heterocycles. The van der Waals surface area contributed by atoms with E-state index in [1.54, 1.807) is 18.5 Å². The predicted molar refractivity (Wildman–Crippen MR) is 134 cm³/mol. The van der Waals surface area contributed by atoms with Crippen LogP contribution in [0.25, 0.3) is 33.4 Å². The maximum atomic E-state index is 11.9. The molecule has 0 spiro atoms. The number of morpholine rings is 1. The highest BCUT2D eigenvalue weighted by Gasteiger charge is 2.19. The second kappa shape index (κ2) is 9.61. The van der Waals surface area contributed by atoms with Crippen molar-refractivity contribution in [3.63, 3.8) is 0 Å². The number of aliphatic hydroxyl groups is 1. The molecule has 35 heavy (non-hydrogen) atoms. The zero-order valence-corrected chi connectivity index (χ0v) is 19.2. The Kier molecular flexibility index (Phi) is 6.21. The Morgan fingerprint density at radius 3 is 2.54 bits per heavy atom. The average molecular weight is 472 g/mol.